The molecule has 0 radical (unpaired) electrons. The quantitative estimate of drug-likeness (QED) is 0.0491. The normalized spacial score (nSPS) is 10.1. The van der Waals surface area contributed by atoms with Gasteiger partial charge in [-0.1, -0.05) is 84.9 Å². The first kappa shape index (κ1) is 39.6. The average molecular weight is 743 g/mol. The highest BCUT2D eigenvalue weighted by Crippen LogP contribution is 2.26. The summed E-state index contributed by atoms with van der Waals surface area (Å²) >= 11 is 0. The van der Waals surface area contributed by atoms with E-state index < -0.39 is 0 Å². The zero-order valence-corrected chi connectivity index (χ0v) is 31.2. The number of hydrogen-bond acceptors (Lipinski definition) is 7. The van der Waals surface area contributed by atoms with Gasteiger partial charge in [-0.05, 0) is 83.6 Å². The lowest BCUT2D eigenvalue weighted by Crippen LogP contribution is -2.10. The predicted molar refractivity (Wildman–Crippen MR) is 218 cm³/mol. The maximum Gasteiger partial charge on any atom is 0.187 e. The van der Waals surface area contributed by atoms with E-state index in [2.05, 4.69) is 10.9 Å². The molecular formula is C46H42N6O4. The Kier molecular flexibility index (Phi) is 13.8. The number of benzene rings is 6. The molecule has 0 aliphatic carbocycles. The van der Waals surface area contributed by atoms with Gasteiger partial charge in [0.25, 0.3) is 0 Å². The van der Waals surface area contributed by atoms with Crippen LogP contribution in [0.25, 0.3) is 4.85 Å². The number of nitrogens with one attached hydrogen (secondary N) is 2. The number of nitriles is 1. The van der Waals surface area contributed by atoms with Crippen LogP contribution in [-0.2, 0) is 26.4 Å². The molecule has 0 heterocycles. The lowest BCUT2D eigenvalue weighted by Gasteiger charge is -2.12. The lowest BCUT2D eigenvalue weighted by atomic mass is 10.1. The molecule has 6 N–H and O–H groups in total. The second-order valence-electron chi connectivity index (χ2n) is 12.9. The molecule has 56 heavy (non-hydrogen) atoms. The molecule has 0 spiro atoms. The van der Waals surface area contributed by atoms with Crippen molar-refractivity contribution in [3.05, 3.63) is 195 Å². The van der Waals surface area contributed by atoms with E-state index in [0.717, 1.165) is 56.4 Å². The zero-order chi connectivity index (χ0) is 39.9. The van der Waals surface area contributed by atoms with Crippen molar-refractivity contribution >= 4 is 17.4 Å². The Hall–Kier alpha value is -7.56. The van der Waals surface area contributed by atoms with E-state index in [4.69, 9.17) is 53.1 Å². The fourth-order valence-electron chi connectivity index (χ4n) is 5.33. The Labute approximate surface area is 327 Å². The topological polar surface area (TPSA) is 165 Å². The summed E-state index contributed by atoms with van der Waals surface area (Å²) in [5, 5.41) is 23.7. The molecule has 0 saturated heterocycles. The number of aryl methyl sites for hydroxylation is 2. The highest BCUT2D eigenvalue weighted by molar-refractivity contribution is 5.95. The smallest absolute Gasteiger partial charge is 0.187 e. The molecule has 0 aliphatic rings. The SMILES string of the molecule is Cc1cc(OCc2ccc(C(=N)N)cc2)cc(OCc2ccc(C(=N)N)cc2)c1.[C-]#[N+]c1ccc(COc2cc(C)cc(OCc3ccc(C#N)cc3)c2)cc1. The summed E-state index contributed by atoms with van der Waals surface area (Å²) in [5.74, 6) is 3.02. The van der Waals surface area contributed by atoms with Crippen LogP contribution < -0.4 is 30.4 Å². The van der Waals surface area contributed by atoms with Crippen molar-refractivity contribution in [2.75, 3.05) is 0 Å². The van der Waals surface area contributed by atoms with Gasteiger partial charge in [0, 0.05) is 23.3 Å². The predicted octanol–water partition coefficient (Wildman–Crippen LogP) is 9.30. The molecule has 6 aromatic rings. The highest BCUT2D eigenvalue weighted by Gasteiger charge is 2.06. The van der Waals surface area contributed by atoms with E-state index in [1.54, 1.807) is 24.3 Å². The second-order valence-corrected chi connectivity index (χ2v) is 12.9. The van der Waals surface area contributed by atoms with Gasteiger partial charge in [-0.2, -0.15) is 5.26 Å². The average Bonchev–Trinajstić information content (AvgIpc) is 3.21. The summed E-state index contributed by atoms with van der Waals surface area (Å²) in [6.07, 6.45) is 0. The van der Waals surface area contributed by atoms with Gasteiger partial charge in [0.05, 0.1) is 18.2 Å². The molecule has 10 nitrogen and oxygen atoms in total. The highest BCUT2D eigenvalue weighted by atomic mass is 16.5. The molecular weight excluding hydrogens is 701 g/mol. The number of hydrogen-bond donors (Lipinski definition) is 4. The molecule has 0 aromatic heterocycles. The second kappa shape index (κ2) is 19.5. The van der Waals surface area contributed by atoms with Crippen molar-refractivity contribution in [1.82, 2.24) is 0 Å². The standard InChI is InChI=1S/C23H24N4O2.C23H18N2O2/c1-15-10-20(28-13-16-2-6-18(7-3-16)22(24)25)12-21(11-15)29-14-17-4-8-19(9-5-17)23(26)27;1-17-11-22(26-15-19-5-3-18(14-24)4-6-19)13-23(12-17)27-16-20-7-9-21(25-2)10-8-20/h2-12H,13-14H2,1H3,(H3,24,25)(H3,26,27);3-13H,15-16H2,1H3. The van der Waals surface area contributed by atoms with Gasteiger partial charge in [-0.3, -0.25) is 10.8 Å². The van der Waals surface area contributed by atoms with Gasteiger partial charge in [-0.15, -0.1) is 0 Å². The zero-order valence-electron chi connectivity index (χ0n) is 31.2. The summed E-state index contributed by atoms with van der Waals surface area (Å²) in [7, 11) is 0. The van der Waals surface area contributed by atoms with Gasteiger partial charge >= 0.3 is 0 Å². The first-order valence-corrected chi connectivity index (χ1v) is 17.6. The molecule has 0 bridgehead atoms. The van der Waals surface area contributed by atoms with Gasteiger partial charge in [0.2, 0.25) is 0 Å². The molecule has 0 atom stereocenters. The van der Waals surface area contributed by atoms with Crippen molar-refractivity contribution in [1.29, 1.82) is 16.1 Å². The van der Waals surface area contributed by atoms with Crippen LogP contribution in [0.4, 0.5) is 5.69 Å². The Morgan fingerprint density at radius 2 is 0.839 bits per heavy atom. The summed E-state index contributed by atoms with van der Waals surface area (Å²) in [4.78, 5) is 3.39. The van der Waals surface area contributed by atoms with Gasteiger partial charge in [0.15, 0.2) is 5.69 Å². The van der Waals surface area contributed by atoms with Crippen molar-refractivity contribution in [2.24, 2.45) is 11.5 Å². The van der Waals surface area contributed by atoms with Crippen molar-refractivity contribution in [2.45, 2.75) is 40.3 Å². The summed E-state index contributed by atoms with van der Waals surface area (Å²) in [6, 6.07) is 43.2. The molecule has 6 aromatic carbocycles. The van der Waals surface area contributed by atoms with E-state index in [9.17, 15) is 0 Å². The summed E-state index contributed by atoms with van der Waals surface area (Å²) in [6.45, 7) is 12.6. The minimum absolute atomic E-state index is 0.0499. The fraction of sp³-hybridized carbons (Fsp3) is 0.130. The molecule has 6 rings (SSSR count). The maximum absolute atomic E-state index is 8.85. The monoisotopic (exact) mass is 742 g/mol. The Morgan fingerprint density at radius 3 is 1.12 bits per heavy atom. The Bertz CT molecular complexity index is 2180. The molecule has 0 amide bonds. The molecule has 10 heteroatoms. The number of nitrogen functional groups attached to an aromatic ring is 2. The maximum atomic E-state index is 8.85. The minimum atomic E-state index is 0.0499. The third kappa shape index (κ3) is 12.3. The Balaban J connectivity index is 0.000000215. The van der Waals surface area contributed by atoms with Crippen LogP contribution in [0, 0.1) is 42.6 Å². The van der Waals surface area contributed by atoms with Crippen molar-refractivity contribution in [3.63, 3.8) is 0 Å². The van der Waals surface area contributed by atoms with Gasteiger partial charge in [-0.25, -0.2) is 4.85 Å². The van der Waals surface area contributed by atoms with Crippen LogP contribution in [0.1, 0.15) is 50.1 Å². The largest absolute Gasteiger partial charge is 0.489 e. The van der Waals surface area contributed by atoms with Crippen LogP contribution in [0.2, 0.25) is 0 Å². The van der Waals surface area contributed by atoms with E-state index in [1.807, 2.05) is 123 Å². The number of amidine groups is 2. The number of nitrogens with two attached hydrogens (primary N) is 2. The minimum Gasteiger partial charge on any atom is -0.489 e. The van der Waals surface area contributed by atoms with E-state index in [1.165, 1.54) is 0 Å². The molecule has 0 aliphatic heterocycles. The van der Waals surface area contributed by atoms with E-state index in [-0.39, 0.29) is 11.7 Å². The number of ether oxygens (including phenoxy) is 4. The van der Waals surface area contributed by atoms with Crippen LogP contribution in [0.15, 0.2) is 133 Å². The number of nitrogens with zero attached hydrogens (tertiary/aromatic N) is 2. The summed E-state index contributed by atoms with van der Waals surface area (Å²) in [5.41, 5.74) is 19.7. The van der Waals surface area contributed by atoms with E-state index in [0.29, 0.717) is 48.8 Å². The van der Waals surface area contributed by atoms with Gasteiger partial charge in [0.1, 0.15) is 61.1 Å². The van der Waals surface area contributed by atoms with Crippen LogP contribution in [-0.4, -0.2) is 11.7 Å². The first-order chi connectivity index (χ1) is 27.1. The van der Waals surface area contributed by atoms with Crippen molar-refractivity contribution in [3.8, 4) is 29.1 Å². The third-order valence-electron chi connectivity index (χ3n) is 8.35. The summed E-state index contributed by atoms with van der Waals surface area (Å²) < 4.78 is 23.6. The third-order valence-corrected chi connectivity index (χ3v) is 8.35. The molecule has 0 saturated carbocycles. The number of rotatable bonds is 14. The first-order valence-electron chi connectivity index (χ1n) is 17.6. The van der Waals surface area contributed by atoms with Crippen LogP contribution in [0.3, 0.4) is 0 Å². The fourth-order valence-corrected chi connectivity index (χ4v) is 5.33. The molecule has 0 unspecified atom stereocenters. The van der Waals surface area contributed by atoms with Crippen molar-refractivity contribution < 1.29 is 18.9 Å². The van der Waals surface area contributed by atoms with Crippen LogP contribution >= 0.6 is 0 Å². The van der Waals surface area contributed by atoms with Gasteiger partial charge < -0.3 is 30.4 Å². The van der Waals surface area contributed by atoms with E-state index >= 15 is 0 Å². The molecule has 0 fully saturated rings. The molecule has 280 valence electrons. The Morgan fingerprint density at radius 1 is 0.536 bits per heavy atom. The lowest BCUT2D eigenvalue weighted by molar-refractivity contribution is 0.289. The van der Waals surface area contributed by atoms with Crippen LogP contribution in [0.5, 0.6) is 23.0 Å².